The summed E-state index contributed by atoms with van der Waals surface area (Å²) in [6, 6.07) is 0. The number of carbonyl (C=O) groups is 1. The molecule has 0 bridgehead atoms. The Balaban J connectivity index is 2.49. The number of rotatable bonds is 5. The summed E-state index contributed by atoms with van der Waals surface area (Å²) in [6.07, 6.45) is -0.978. The summed E-state index contributed by atoms with van der Waals surface area (Å²) in [5.74, 6) is 0.0426. The molecule has 10 heteroatoms. The molecule has 0 aliphatic carbocycles. The first kappa shape index (κ1) is 15.7. The van der Waals surface area contributed by atoms with Crippen LogP contribution in [0.5, 0.6) is 0 Å². The minimum absolute atomic E-state index is 0.0426. The maximum Gasteiger partial charge on any atom is 0.421 e. The van der Waals surface area contributed by atoms with E-state index >= 15 is 0 Å². The monoisotopic (exact) mass is 293 g/mol. The number of nitrogens with one attached hydrogen (secondary N) is 2. The predicted octanol–water partition coefficient (Wildman–Crippen LogP) is -1.47. The summed E-state index contributed by atoms with van der Waals surface area (Å²) >= 11 is 0. The van der Waals surface area contributed by atoms with Gasteiger partial charge in [0, 0.05) is 26.2 Å². The van der Waals surface area contributed by atoms with E-state index in [1.54, 1.807) is 6.92 Å². The van der Waals surface area contributed by atoms with E-state index in [9.17, 15) is 13.2 Å². The number of piperazine rings is 1. The van der Waals surface area contributed by atoms with Crippen LogP contribution in [-0.2, 0) is 14.9 Å². The zero-order chi connectivity index (χ0) is 14.5. The molecule has 0 saturated carbocycles. The highest BCUT2D eigenvalue weighted by Crippen LogP contribution is 2.05. The standard InChI is InChI=1S/C9H19N5O4S/c1-2-18-9(15)12-19(16,17)14-5-3-13(4-6-14)7-8(10)11/h2-7H2,1H3,(H3,10,11)(H,12,15). The van der Waals surface area contributed by atoms with Crippen molar-refractivity contribution in [1.82, 2.24) is 13.9 Å². The molecule has 19 heavy (non-hydrogen) atoms. The Labute approximate surface area is 112 Å². The zero-order valence-electron chi connectivity index (χ0n) is 10.8. The molecule has 9 nitrogen and oxygen atoms in total. The second-order valence-corrected chi connectivity index (χ2v) is 5.70. The summed E-state index contributed by atoms with van der Waals surface area (Å²) in [5.41, 5.74) is 5.28. The van der Waals surface area contributed by atoms with Crippen molar-refractivity contribution >= 4 is 22.1 Å². The van der Waals surface area contributed by atoms with Gasteiger partial charge >= 0.3 is 16.3 Å². The number of carbonyl (C=O) groups excluding carboxylic acids is 1. The van der Waals surface area contributed by atoms with Gasteiger partial charge in [-0.2, -0.15) is 12.7 Å². The largest absolute Gasteiger partial charge is 0.449 e. The number of ether oxygens (including phenoxy) is 1. The third-order valence-corrected chi connectivity index (χ3v) is 4.02. The maximum absolute atomic E-state index is 11.8. The molecule has 0 spiro atoms. The minimum atomic E-state index is -3.86. The van der Waals surface area contributed by atoms with Gasteiger partial charge in [0.1, 0.15) is 5.84 Å². The quantitative estimate of drug-likeness (QED) is 0.419. The van der Waals surface area contributed by atoms with E-state index in [1.165, 1.54) is 4.31 Å². The van der Waals surface area contributed by atoms with Gasteiger partial charge < -0.3 is 10.5 Å². The Hall–Kier alpha value is -1.39. The Morgan fingerprint density at radius 3 is 2.42 bits per heavy atom. The lowest BCUT2D eigenvalue weighted by molar-refractivity contribution is 0.157. The predicted molar refractivity (Wildman–Crippen MR) is 69.0 cm³/mol. The van der Waals surface area contributed by atoms with Crippen molar-refractivity contribution in [2.45, 2.75) is 6.92 Å². The molecule has 1 aliphatic rings. The number of amides is 1. The molecule has 4 N–H and O–H groups in total. The van der Waals surface area contributed by atoms with Gasteiger partial charge in [-0.1, -0.05) is 0 Å². The molecule has 0 unspecified atom stereocenters. The lowest BCUT2D eigenvalue weighted by Crippen LogP contribution is -2.54. The fourth-order valence-corrected chi connectivity index (χ4v) is 2.74. The van der Waals surface area contributed by atoms with Gasteiger partial charge in [0.25, 0.3) is 0 Å². The molecule has 1 heterocycles. The van der Waals surface area contributed by atoms with Gasteiger partial charge in [0.2, 0.25) is 0 Å². The Morgan fingerprint density at radius 1 is 1.37 bits per heavy atom. The van der Waals surface area contributed by atoms with Crippen molar-refractivity contribution in [2.75, 3.05) is 39.3 Å². The normalized spacial score (nSPS) is 17.9. The molecule has 0 atom stereocenters. The summed E-state index contributed by atoms with van der Waals surface area (Å²) in [4.78, 5) is 13.0. The molecular weight excluding hydrogens is 274 g/mol. The van der Waals surface area contributed by atoms with E-state index in [0.717, 1.165) is 0 Å². The first-order valence-corrected chi connectivity index (χ1v) is 7.29. The second-order valence-electron chi connectivity index (χ2n) is 4.03. The van der Waals surface area contributed by atoms with Gasteiger partial charge in [-0.25, -0.2) is 9.52 Å². The van der Waals surface area contributed by atoms with Crippen molar-refractivity contribution in [1.29, 1.82) is 5.41 Å². The number of hydrogen-bond donors (Lipinski definition) is 3. The van der Waals surface area contributed by atoms with Gasteiger partial charge in [-0.05, 0) is 6.92 Å². The van der Waals surface area contributed by atoms with Crippen LogP contribution in [0.25, 0.3) is 0 Å². The van der Waals surface area contributed by atoms with E-state index in [0.29, 0.717) is 19.6 Å². The van der Waals surface area contributed by atoms with Crippen LogP contribution in [0, 0.1) is 5.41 Å². The number of hydrogen-bond acceptors (Lipinski definition) is 6. The zero-order valence-corrected chi connectivity index (χ0v) is 11.6. The third-order valence-electron chi connectivity index (χ3n) is 2.55. The van der Waals surface area contributed by atoms with Gasteiger partial charge in [0.15, 0.2) is 0 Å². The molecule has 0 radical (unpaired) electrons. The Bertz CT molecular complexity index is 430. The Morgan fingerprint density at radius 2 is 1.95 bits per heavy atom. The van der Waals surface area contributed by atoms with Crippen LogP contribution in [-0.4, -0.2) is 68.9 Å². The molecule has 0 aromatic carbocycles. The molecular formula is C9H19N5O4S. The lowest BCUT2D eigenvalue weighted by atomic mass is 10.3. The lowest BCUT2D eigenvalue weighted by Gasteiger charge is -2.33. The highest BCUT2D eigenvalue weighted by molar-refractivity contribution is 7.87. The van der Waals surface area contributed by atoms with Crippen LogP contribution < -0.4 is 10.5 Å². The number of nitrogens with zero attached hydrogens (tertiary/aromatic N) is 2. The molecule has 110 valence electrons. The van der Waals surface area contributed by atoms with E-state index in [2.05, 4.69) is 4.74 Å². The molecule has 0 aromatic rings. The maximum atomic E-state index is 11.8. The van der Waals surface area contributed by atoms with Crippen molar-refractivity contribution in [3.8, 4) is 0 Å². The second kappa shape index (κ2) is 6.68. The van der Waals surface area contributed by atoms with Crippen LogP contribution >= 0.6 is 0 Å². The molecule has 1 rings (SSSR count). The highest BCUT2D eigenvalue weighted by atomic mass is 32.2. The number of amidine groups is 1. The number of nitrogens with two attached hydrogens (primary N) is 1. The van der Waals surface area contributed by atoms with Crippen molar-refractivity contribution in [3.63, 3.8) is 0 Å². The SMILES string of the molecule is CCOC(=O)NS(=O)(=O)N1CCN(CC(=N)N)CC1. The topological polar surface area (TPSA) is 129 Å². The first-order chi connectivity index (χ1) is 8.85. The third kappa shape index (κ3) is 5.01. The first-order valence-electron chi connectivity index (χ1n) is 5.85. The fraction of sp³-hybridized carbons (Fsp3) is 0.778. The van der Waals surface area contributed by atoms with E-state index < -0.39 is 16.3 Å². The van der Waals surface area contributed by atoms with Crippen molar-refractivity contribution < 1.29 is 17.9 Å². The van der Waals surface area contributed by atoms with Gasteiger partial charge in [-0.15, -0.1) is 0 Å². The highest BCUT2D eigenvalue weighted by Gasteiger charge is 2.28. The van der Waals surface area contributed by atoms with Gasteiger partial charge in [-0.3, -0.25) is 10.3 Å². The van der Waals surface area contributed by atoms with Crippen LogP contribution in [0.2, 0.25) is 0 Å². The smallest absolute Gasteiger partial charge is 0.421 e. The van der Waals surface area contributed by atoms with Crippen LogP contribution in [0.15, 0.2) is 0 Å². The molecule has 0 aromatic heterocycles. The summed E-state index contributed by atoms with van der Waals surface area (Å²) in [6.45, 7) is 3.41. The van der Waals surface area contributed by atoms with E-state index in [1.807, 2.05) is 9.62 Å². The minimum Gasteiger partial charge on any atom is -0.449 e. The summed E-state index contributed by atoms with van der Waals surface area (Å²) in [5, 5.41) is 7.17. The van der Waals surface area contributed by atoms with Crippen molar-refractivity contribution in [2.24, 2.45) is 5.73 Å². The molecule has 1 aliphatic heterocycles. The average molecular weight is 293 g/mol. The molecule has 1 fully saturated rings. The van der Waals surface area contributed by atoms with Crippen LogP contribution in [0.3, 0.4) is 0 Å². The summed E-state index contributed by atoms with van der Waals surface area (Å²) in [7, 11) is -3.86. The van der Waals surface area contributed by atoms with Crippen LogP contribution in [0.1, 0.15) is 6.92 Å². The Kier molecular flexibility index (Phi) is 5.51. The van der Waals surface area contributed by atoms with E-state index in [-0.39, 0.29) is 25.5 Å². The molecule has 1 saturated heterocycles. The average Bonchev–Trinajstić information content (AvgIpc) is 2.28. The van der Waals surface area contributed by atoms with E-state index in [4.69, 9.17) is 11.1 Å². The van der Waals surface area contributed by atoms with Crippen LogP contribution in [0.4, 0.5) is 4.79 Å². The van der Waals surface area contributed by atoms with Gasteiger partial charge in [0.05, 0.1) is 13.2 Å². The molecule has 1 amide bonds. The van der Waals surface area contributed by atoms with Crippen molar-refractivity contribution in [3.05, 3.63) is 0 Å². The fourth-order valence-electron chi connectivity index (χ4n) is 1.70. The summed E-state index contributed by atoms with van der Waals surface area (Å²) < 4.78 is 31.2.